The lowest BCUT2D eigenvalue weighted by atomic mass is 9.90. The van der Waals surface area contributed by atoms with Gasteiger partial charge in [-0.25, -0.2) is 0 Å². The number of carbonyl (C=O) groups excluding carboxylic acids is 3. The van der Waals surface area contributed by atoms with Crippen molar-refractivity contribution in [2.24, 2.45) is 11.8 Å². The fourth-order valence-electron chi connectivity index (χ4n) is 3.18. The van der Waals surface area contributed by atoms with Crippen LogP contribution in [0, 0.1) is 24.2 Å². The summed E-state index contributed by atoms with van der Waals surface area (Å²) < 4.78 is 4.75. The minimum atomic E-state index is -0.577. The van der Waals surface area contributed by atoms with Crippen molar-refractivity contribution in [1.82, 2.24) is 0 Å². The van der Waals surface area contributed by atoms with Gasteiger partial charge in [-0.2, -0.15) is 0 Å². The normalized spacial score (nSPS) is 20.2. The molecule has 25 heavy (non-hydrogen) atoms. The van der Waals surface area contributed by atoms with Gasteiger partial charge in [0.2, 0.25) is 5.78 Å². The number of ether oxygens (including phenoxy) is 1. The molecule has 0 aromatic rings. The van der Waals surface area contributed by atoms with Gasteiger partial charge in [0.25, 0.3) is 0 Å². The molecule has 4 heteroatoms. The molecule has 2 atom stereocenters. The summed E-state index contributed by atoms with van der Waals surface area (Å²) in [6, 6.07) is 0. The molecule has 0 aliphatic heterocycles. The molecule has 1 fully saturated rings. The molecule has 4 nitrogen and oxygen atoms in total. The molecule has 0 N–H and O–H groups in total. The average Bonchev–Trinajstić information content (AvgIpc) is 2.97. The monoisotopic (exact) mass is 344 g/mol. The number of rotatable bonds is 10. The SMILES string of the molecule is C#CC(=O)CCC(=C)CC/C(C)=C\CC[C@@H]1CCC(=O)[C@H]1C(=O)OC. The number of carbonyl (C=O) groups is 3. The first-order valence-corrected chi connectivity index (χ1v) is 8.81. The minimum absolute atomic E-state index is 0.00960. The minimum Gasteiger partial charge on any atom is -0.468 e. The van der Waals surface area contributed by atoms with Crippen molar-refractivity contribution in [2.45, 2.75) is 58.3 Å². The molecule has 0 heterocycles. The number of terminal acetylenes is 1. The second kappa shape index (κ2) is 10.7. The first kappa shape index (κ1) is 20.9. The summed E-state index contributed by atoms with van der Waals surface area (Å²) in [5.74, 6) is 1.06. The lowest BCUT2D eigenvalue weighted by Gasteiger charge is -2.15. The molecule has 0 aromatic carbocycles. The van der Waals surface area contributed by atoms with Crippen LogP contribution in [-0.4, -0.2) is 24.6 Å². The van der Waals surface area contributed by atoms with E-state index in [1.807, 2.05) is 0 Å². The van der Waals surface area contributed by atoms with Crippen LogP contribution in [0.4, 0.5) is 0 Å². The molecule has 0 aromatic heterocycles. The van der Waals surface area contributed by atoms with E-state index in [4.69, 9.17) is 11.2 Å². The molecule has 0 bridgehead atoms. The largest absolute Gasteiger partial charge is 0.468 e. The molecule has 0 saturated heterocycles. The van der Waals surface area contributed by atoms with E-state index in [1.165, 1.54) is 12.7 Å². The third-order valence-electron chi connectivity index (χ3n) is 4.80. The molecular formula is C21H28O4. The van der Waals surface area contributed by atoms with Gasteiger partial charge in [0, 0.05) is 12.8 Å². The van der Waals surface area contributed by atoms with E-state index in [9.17, 15) is 14.4 Å². The van der Waals surface area contributed by atoms with Gasteiger partial charge in [0.05, 0.1) is 7.11 Å². The van der Waals surface area contributed by atoms with Gasteiger partial charge >= 0.3 is 5.97 Å². The zero-order valence-corrected chi connectivity index (χ0v) is 15.3. The fourth-order valence-corrected chi connectivity index (χ4v) is 3.18. The number of allylic oxidation sites excluding steroid dienone is 3. The Labute approximate surface area is 150 Å². The van der Waals surface area contributed by atoms with Gasteiger partial charge in [-0.05, 0) is 57.3 Å². The van der Waals surface area contributed by atoms with Crippen LogP contribution in [0.2, 0.25) is 0 Å². The quantitative estimate of drug-likeness (QED) is 0.199. The molecular weight excluding hydrogens is 316 g/mol. The standard InChI is InChI=1S/C21H28O4/c1-5-18(22)13-11-16(3)10-9-15(2)7-6-8-17-12-14-19(23)20(17)21(24)25-4/h1,7,17,20H,3,6,8-14H2,2,4H3/b15-7-/t17-,20+/m1/s1. The molecule has 136 valence electrons. The maximum atomic E-state index is 11.8. The molecule has 0 amide bonds. The van der Waals surface area contributed by atoms with Gasteiger partial charge in [-0.1, -0.05) is 23.8 Å². The maximum Gasteiger partial charge on any atom is 0.316 e. The Morgan fingerprint density at radius 2 is 2.00 bits per heavy atom. The first-order chi connectivity index (χ1) is 11.9. The van der Waals surface area contributed by atoms with E-state index in [1.54, 1.807) is 0 Å². The Morgan fingerprint density at radius 1 is 1.32 bits per heavy atom. The number of methoxy groups -OCH3 is 1. The zero-order valence-electron chi connectivity index (χ0n) is 15.3. The second-order valence-electron chi connectivity index (χ2n) is 6.71. The average molecular weight is 344 g/mol. The first-order valence-electron chi connectivity index (χ1n) is 8.81. The summed E-state index contributed by atoms with van der Waals surface area (Å²) in [6.45, 7) is 6.05. The lowest BCUT2D eigenvalue weighted by molar-refractivity contribution is -0.149. The summed E-state index contributed by atoms with van der Waals surface area (Å²) in [7, 11) is 1.33. The number of ketones is 2. The van der Waals surface area contributed by atoms with E-state index in [0.29, 0.717) is 19.3 Å². The number of hydrogen-bond acceptors (Lipinski definition) is 4. The highest BCUT2D eigenvalue weighted by Gasteiger charge is 2.40. The van der Waals surface area contributed by atoms with E-state index >= 15 is 0 Å². The van der Waals surface area contributed by atoms with Crippen LogP contribution in [-0.2, 0) is 19.1 Å². The lowest BCUT2D eigenvalue weighted by Crippen LogP contribution is -2.26. The molecule has 1 aliphatic carbocycles. The number of hydrogen-bond donors (Lipinski definition) is 0. The Hall–Kier alpha value is -2.15. The highest BCUT2D eigenvalue weighted by Crippen LogP contribution is 2.33. The van der Waals surface area contributed by atoms with Gasteiger partial charge in [-0.15, -0.1) is 6.42 Å². The van der Waals surface area contributed by atoms with Gasteiger partial charge in [-0.3, -0.25) is 14.4 Å². The number of Topliss-reactive ketones (excluding diaryl/α,β-unsaturated/α-hetero) is 2. The Kier molecular flexibility index (Phi) is 8.91. The predicted octanol–water partition coefficient (Wildman–Crippen LogP) is 3.80. The summed E-state index contributed by atoms with van der Waals surface area (Å²) in [6.07, 6.45) is 12.9. The molecule has 0 spiro atoms. The van der Waals surface area contributed by atoms with Crippen molar-refractivity contribution in [2.75, 3.05) is 7.11 Å². The van der Waals surface area contributed by atoms with E-state index in [2.05, 4.69) is 25.5 Å². The van der Waals surface area contributed by atoms with Crippen LogP contribution in [0.3, 0.4) is 0 Å². The smallest absolute Gasteiger partial charge is 0.316 e. The van der Waals surface area contributed by atoms with Crippen molar-refractivity contribution >= 4 is 17.5 Å². The van der Waals surface area contributed by atoms with Gasteiger partial charge in [0.15, 0.2) is 0 Å². The van der Waals surface area contributed by atoms with Crippen molar-refractivity contribution in [3.63, 3.8) is 0 Å². The number of esters is 1. The molecule has 0 radical (unpaired) electrons. The van der Waals surface area contributed by atoms with Crippen molar-refractivity contribution in [3.05, 3.63) is 23.8 Å². The molecule has 1 saturated carbocycles. The van der Waals surface area contributed by atoms with Crippen molar-refractivity contribution < 1.29 is 19.1 Å². The second-order valence-corrected chi connectivity index (χ2v) is 6.71. The summed E-state index contributed by atoms with van der Waals surface area (Å²) in [5.41, 5.74) is 2.28. The van der Waals surface area contributed by atoms with Crippen molar-refractivity contribution in [3.8, 4) is 12.3 Å². The summed E-state index contributed by atoms with van der Waals surface area (Å²) >= 11 is 0. The zero-order chi connectivity index (χ0) is 18.8. The third kappa shape index (κ3) is 7.09. The van der Waals surface area contributed by atoms with Crippen LogP contribution in [0.25, 0.3) is 0 Å². The molecule has 1 aliphatic rings. The summed E-state index contributed by atoms with van der Waals surface area (Å²) in [5, 5.41) is 0. The maximum absolute atomic E-state index is 11.8. The van der Waals surface area contributed by atoms with Crippen LogP contribution in [0.5, 0.6) is 0 Å². The van der Waals surface area contributed by atoms with Crippen molar-refractivity contribution in [1.29, 1.82) is 0 Å². The van der Waals surface area contributed by atoms with Crippen LogP contribution >= 0.6 is 0 Å². The third-order valence-corrected chi connectivity index (χ3v) is 4.80. The molecule has 1 rings (SSSR count). The fraction of sp³-hybridized carbons (Fsp3) is 0.571. The Balaban J connectivity index is 2.34. The highest BCUT2D eigenvalue weighted by atomic mass is 16.5. The van der Waals surface area contributed by atoms with Crippen LogP contribution < -0.4 is 0 Å². The summed E-state index contributed by atoms with van der Waals surface area (Å²) in [4.78, 5) is 34.7. The topological polar surface area (TPSA) is 60.4 Å². The Bertz CT molecular complexity index is 592. The predicted molar refractivity (Wildman–Crippen MR) is 97.7 cm³/mol. The Morgan fingerprint density at radius 3 is 2.64 bits per heavy atom. The molecule has 0 unspecified atom stereocenters. The van der Waals surface area contributed by atoms with Crippen LogP contribution in [0.15, 0.2) is 23.8 Å². The highest BCUT2D eigenvalue weighted by molar-refractivity contribution is 6.00. The van der Waals surface area contributed by atoms with E-state index < -0.39 is 11.9 Å². The van der Waals surface area contributed by atoms with Crippen LogP contribution in [0.1, 0.15) is 58.3 Å². The van der Waals surface area contributed by atoms with E-state index in [0.717, 1.165) is 37.7 Å². The van der Waals surface area contributed by atoms with Gasteiger partial charge < -0.3 is 4.74 Å². The van der Waals surface area contributed by atoms with Gasteiger partial charge in [0.1, 0.15) is 11.7 Å². The van der Waals surface area contributed by atoms with E-state index in [-0.39, 0.29) is 17.5 Å².